The average Bonchev–Trinajstić information content (AvgIpc) is 3.27. The van der Waals surface area contributed by atoms with Gasteiger partial charge in [-0.25, -0.2) is 0 Å². The van der Waals surface area contributed by atoms with Crippen LogP contribution in [0.3, 0.4) is 0 Å². The summed E-state index contributed by atoms with van der Waals surface area (Å²) in [6.07, 6.45) is 4.34. The Morgan fingerprint density at radius 2 is 2.00 bits per heavy atom. The van der Waals surface area contributed by atoms with Gasteiger partial charge in [0.25, 0.3) is 0 Å². The summed E-state index contributed by atoms with van der Waals surface area (Å²) in [5.74, 6) is 1.51. The van der Waals surface area contributed by atoms with E-state index in [1.54, 1.807) is 0 Å². The number of hydrogen-bond donors (Lipinski definition) is 2. The lowest BCUT2D eigenvalue weighted by Gasteiger charge is -2.33. The van der Waals surface area contributed by atoms with Gasteiger partial charge in [0.05, 0.1) is 13.2 Å². The number of nitrogens with one attached hydrogen (secondary N) is 2. The Kier molecular flexibility index (Phi) is 13.1. The summed E-state index contributed by atoms with van der Waals surface area (Å²) in [5, 5.41) is 7.80. The molecule has 0 aliphatic carbocycles. The van der Waals surface area contributed by atoms with Crippen LogP contribution in [-0.2, 0) is 16.0 Å². The first-order valence-electron chi connectivity index (χ1n) is 11.4. The Labute approximate surface area is 209 Å². The summed E-state index contributed by atoms with van der Waals surface area (Å²) in [6, 6.07) is 8.65. The van der Waals surface area contributed by atoms with Crippen LogP contribution in [0.1, 0.15) is 38.2 Å². The minimum atomic E-state index is 0. The molecule has 2 N–H and O–H groups in total. The van der Waals surface area contributed by atoms with Crippen molar-refractivity contribution in [3.05, 3.63) is 34.9 Å². The van der Waals surface area contributed by atoms with E-state index < -0.39 is 0 Å². The molecule has 2 heterocycles. The van der Waals surface area contributed by atoms with Crippen molar-refractivity contribution in [1.29, 1.82) is 0 Å². The lowest BCUT2D eigenvalue weighted by Crippen LogP contribution is -2.48. The van der Waals surface area contributed by atoms with Gasteiger partial charge in [-0.3, -0.25) is 9.89 Å². The third kappa shape index (κ3) is 10.2. The zero-order chi connectivity index (χ0) is 21.0. The van der Waals surface area contributed by atoms with Crippen molar-refractivity contribution >= 4 is 41.5 Å². The Hall–Kier alpha value is -0.610. The molecule has 0 amide bonds. The average molecular weight is 565 g/mol. The van der Waals surface area contributed by atoms with Crippen LogP contribution in [0, 0.1) is 5.92 Å². The van der Waals surface area contributed by atoms with E-state index in [2.05, 4.69) is 34.6 Å². The molecular weight excluding hydrogens is 527 g/mol. The molecule has 6 nitrogen and oxygen atoms in total. The van der Waals surface area contributed by atoms with E-state index >= 15 is 0 Å². The summed E-state index contributed by atoms with van der Waals surface area (Å²) in [4.78, 5) is 7.25. The topological polar surface area (TPSA) is 58.1 Å². The highest BCUT2D eigenvalue weighted by Gasteiger charge is 2.20. The SMILES string of the molecule is CCNC(=NCCCOCC1CCOC1)NC1CCN(Cc2ccc(Cl)cc2)CC1.I. The molecule has 2 fully saturated rings. The first-order valence-corrected chi connectivity index (χ1v) is 11.8. The molecule has 8 heteroatoms. The molecular formula is C23H38ClIN4O2. The third-order valence-corrected chi connectivity index (χ3v) is 5.94. The molecule has 176 valence electrons. The Balaban J connectivity index is 0.00000341. The Morgan fingerprint density at radius 1 is 1.23 bits per heavy atom. The summed E-state index contributed by atoms with van der Waals surface area (Å²) in [7, 11) is 0. The highest BCUT2D eigenvalue weighted by atomic mass is 127. The van der Waals surface area contributed by atoms with Crippen LogP contribution in [0.25, 0.3) is 0 Å². The molecule has 31 heavy (non-hydrogen) atoms. The molecule has 1 aromatic carbocycles. The molecule has 1 atom stereocenters. The quantitative estimate of drug-likeness (QED) is 0.195. The summed E-state index contributed by atoms with van der Waals surface area (Å²) in [5.41, 5.74) is 1.32. The van der Waals surface area contributed by atoms with Gasteiger partial charge in [0, 0.05) is 62.9 Å². The molecule has 0 saturated carbocycles. The van der Waals surface area contributed by atoms with Gasteiger partial charge in [-0.1, -0.05) is 23.7 Å². The van der Waals surface area contributed by atoms with E-state index in [-0.39, 0.29) is 24.0 Å². The molecule has 0 radical (unpaired) electrons. The number of benzene rings is 1. The van der Waals surface area contributed by atoms with Crippen molar-refractivity contribution in [2.24, 2.45) is 10.9 Å². The molecule has 1 aromatic rings. The van der Waals surface area contributed by atoms with E-state index in [0.29, 0.717) is 12.0 Å². The normalized spacial score (nSPS) is 20.5. The number of aliphatic imine (C=N–C) groups is 1. The van der Waals surface area contributed by atoms with E-state index in [1.165, 1.54) is 5.56 Å². The maximum Gasteiger partial charge on any atom is 0.191 e. The lowest BCUT2D eigenvalue weighted by atomic mass is 10.0. The van der Waals surface area contributed by atoms with Crippen molar-refractivity contribution in [2.45, 2.75) is 45.2 Å². The van der Waals surface area contributed by atoms with Crippen LogP contribution < -0.4 is 10.6 Å². The molecule has 2 saturated heterocycles. The van der Waals surface area contributed by atoms with Crippen molar-refractivity contribution in [3.63, 3.8) is 0 Å². The van der Waals surface area contributed by atoms with Crippen LogP contribution in [0.15, 0.2) is 29.3 Å². The molecule has 2 aliphatic heterocycles. The number of halogens is 2. The number of guanidine groups is 1. The fourth-order valence-corrected chi connectivity index (χ4v) is 4.05. The van der Waals surface area contributed by atoms with Crippen molar-refractivity contribution < 1.29 is 9.47 Å². The van der Waals surface area contributed by atoms with E-state index in [0.717, 1.165) is 95.8 Å². The minimum Gasteiger partial charge on any atom is -0.381 e. The zero-order valence-electron chi connectivity index (χ0n) is 18.7. The Morgan fingerprint density at radius 3 is 2.68 bits per heavy atom. The second kappa shape index (κ2) is 15.3. The highest BCUT2D eigenvalue weighted by Crippen LogP contribution is 2.16. The molecule has 1 unspecified atom stereocenters. The standard InChI is InChI=1S/C23H37ClN4O2.HI/c1-2-25-23(26-11-3-14-29-17-20-10-15-30-18-20)27-22-8-12-28(13-9-22)16-19-4-6-21(24)7-5-19;/h4-7,20,22H,2-3,8-18H2,1H3,(H2,25,26,27);1H. The maximum absolute atomic E-state index is 5.98. The first kappa shape index (κ1) is 26.6. The predicted octanol–water partition coefficient (Wildman–Crippen LogP) is 3.92. The molecule has 3 rings (SSSR count). The van der Waals surface area contributed by atoms with Crippen LogP contribution in [0.4, 0.5) is 0 Å². The second-order valence-electron chi connectivity index (χ2n) is 8.24. The number of hydrogen-bond acceptors (Lipinski definition) is 4. The highest BCUT2D eigenvalue weighted by molar-refractivity contribution is 14.0. The van der Waals surface area contributed by atoms with Crippen molar-refractivity contribution in [1.82, 2.24) is 15.5 Å². The summed E-state index contributed by atoms with van der Waals surface area (Å²) >= 11 is 5.98. The van der Waals surface area contributed by atoms with Gasteiger partial charge in [-0.05, 0) is 50.3 Å². The van der Waals surface area contributed by atoms with Crippen LogP contribution in [0.5, 0.6) is 0 Å². The van der Waals surface area contributed by atoms with Gasteiger partial charge in [0.1, 0.15) is 0 Å². The maximum atomic E-state index is 5.98. The van der Waals surface area contributed by atoms with Gasteiger partial charge >= 0.3 is 0 Å². The summed E-state index contributed by atoms with van der Waals surface area (Å²) < 4.78 is 11.2. The Bertz CT molecular complexity index is 633. The number of rotatable bonds is 10. The monoisotopic (exact) mass is 564 g/mol. The van der Waals surface area contributed by atoms with E-state index in [4.69, 9.17) is 26.1 Å². The number of ether oxygens (including phenoxy) is 2. The van der Waals surface area contributed by atoms with Gasteiger partial charge < -0.3 is 20.1 Å². The number of piperidine rings is 1. The summed E-state index contributed by atoms with van der Waals surface area (Å²) in [6.45, 7) is 10.3. The fourth-order valence-electron chi connectivity index (χ4n) is 3.92. The van der Waals surface area contributed by atoms with E-state index in [1.807, 2.05) is 12.1 Å². The fraction of sp³-hybridized carbons (Fsp3) is 0.696. The van der Waals surface area contributed by atoms with Gasteiger partial charge in [-0.2, -0.15) is 0 Å². The lowest BCUT2D eigenvalue weighted by molar-refractivity contribution is 0.0893. The van der Waals surface area contributed by atoms with Gasteiger partial charge in [0.15, 0.2) is 5.96 Å². The smallest absolute Gasteiger partial charge is 0.191 e. The van der Waals surface area contributed by atoms with E-state index in [9.17, 15) is 0 Å². The van der Waals surface area contributed by atoms with Crippen molar-refractivity contribution in [2.75, 3.05) is 52.6 Å². The zero-order valence-corrected chi connectivity index (χ0v) is 21.7. The predicted molar refractivity (Wildman–Crippen MR) is 139 cm³/mol. The van der Waals surface area contributed by atoms with Crippen molar-refractivity contribution in [3.8, 4) is 0 Å². The largest absolute Gasteiger partial charge is 0.381 e. The third-order valence-electron chi connectivity index (χ3n) is 5.69. The first-order chi connectivity index (χ1) is 14.7. The second-order valence-corrected chi connectivity index (χ2v) is 8.68. The minimum absolute atomic E-state index is 0. The molecule has 0 bridgehead atoms. The van der Waals surface area contributed by atoms with Crippen LogP contribution in [-0.4, -0.2) is 69.5 Å². The molecule has 0 aromatic heterocycles. The van der Waals surface area contributed by atoms with Gasteiger partial charge in [0.2, 0.25) is 0 Å². The van der Waals surface area contributed by atoms with Crippen LogP contribution >= 0.6 is 35.6 Å². The van der Waals surface area contributed by atoms with Gasteiger partial charge in [-0.15, -0.1) is 24.0 Å². The molecule has 2 aliphatic rings. The van der Waals surface area contributed by atoms with Crippen LogP contribution in [0.2, 0.25) is 5.02 Å². The number of likely N-dealkylation sites (tertiary alicyclic amines) is 1. The number of nitrogens with zero attached hydrogens (tertiary/aromatic N) is 2. The molecule has 0 spiro atoms.